The van der Waals surface area contributed by atoms with Crippen molar-refractivity contribution in [1.82, 2.24) is 5.32 Å². The van der Waals surface area contributed by atoms with E-state index in [9.17, 15) is 0 Å². The van der Waals surface area contributed by atoms with Gasteiger partial charge in [0.15, 0.2) is 0 Å². The molecule has 1 saturated heterocycles. The summed E-state index contributed by atoms with van der Waals surface area (Å²) in [7, 11) is 0. The first-order chi connectivity index (χ1) is 6.68. The van der Waals surface area contributed by atoms with Crippen molar-refractivity contribution >= 4 is 0 Å². The van der Waals surface area contributed by atoms with Crippen molar-refractivity contribution in [1.29, 1.82) is 0 Å². The number of rotatable bonds is 5. The average Bonchev–Trinajstić information content (AvgIpc) is 2.05. The highest BCUT2D eigenvalue weighted by atomic mass is 16.5. The van der Waals surface area contributed by atoms with E-state index in [1.54, 1.807) is 0 Å². The van der Waals surface area contributed by atoms with E-state index in [1.807, 2.05) is 0 Å². The van der Waals surface area contributed by atoms with Crippen LogP contribution in [0, 0.1) is 11.8 Å². The highest BCUT2D eigenvalue weighted by molar-refractivity contribution is 4.89. The molecule has 2 heteroatoms. The molecular formula is C12H23NO. The van der Waals surface area contributed by atoms with Crippen LogP contribution in [-0.2, 0) is 4.74 Å². The van der Waals surface area contributed by atoms with Gasteiger partial charge in [-0.05, 0) is 51.0 Å². The summed E-state index contributed by atoms with van der Waals surface area (Å²) < 4.78 is 5.20. The van der Waals surface area contributed by atoms with Gasteiger partial charge in [0.1, 0.15) is 0 Å². The van der Waals surface area contributed by atoms with Crippen LogP contribution < -0.4 is 5.32 Å². The summed E-state index contributed by atoms with van der Waals surface area (Å²) in [6.07, 6.45) is 5.71. The first-order valence-electron chi connectivity index (χ1n) is 6.01. The Hall–Kier alpha value is -0.0800. The molecule has 1 N–H and O–H groups in total. The minimum Gasteiger partial charge on any atom is -0.377 e. The largest absolute Gasteiger partial charge is 0.377 e. The second kappa shape index (κ2) is 4.19. The van der Waals surface area contributed by atoms with Crippen molar-refractivity contribution in [3.8, 4) is 0 Å². The first kappa shape index (κ1) is 10.4. The van der Waals surface area contributed by atoms with Crippen LogP contribution in [0.5, 0.6) is 0 Å². The van der Waals surface area contributed by atoms with Crippen LogP contribution in [0.1, 0.15) is 39.5 Å². The van der Waals surface area contributed by atoms with Gasteiger partial charge in [-0.2, -0.15) is 0 Å². The SMILES string of the molecule is CC1CC(CCCNC2(C)COC2)C1. The third-order valence-corrected chi connectivity index (χ3v) is 3.65. The lowest BCUT2D eigenvalue weighted by molar-refractivity contribution is -0.0641. The highest BCUT2D eigenvalue weighted by Gasteiger charge is 2.32. The van der Waals surface area contributed by atoms with Crippen LogP contribution in [0.2, 0.25) is 0 Å². The fourth-order valence-corrected chi connectivity index (χ4v) is 2.60. The molecule has 0 atom stereocenters. The summed E-state index contributed by atoms with van der Waals surface area (Å²) in [4.78, 5) is 0. The van der Waals surface area contributed by atoms with Gasteiger partial charge in [-0.25, -0.2) is 0 Å². The molecule has 1 aliphatic heterocycles. The average molecular weight is 197 g/mol. The van der Waals surface area contributed by atoms with Gasteiger partial charge in [0, 0.05) is 0 Å². The molecule has 14 heavy (non-hydrogen) atoms. The Morgan fingerprint density at radius 2 is 2.07 bits per heavy atom. The summed E-state index contributed by atoms with van der Waals surface area (Å²) in [5, 5.41) is 3.59. The number of hydrogen-bond acceptors (Lipinski definition) is 2. The molecule has 1 aliphatic carbocycles. The second-order valence-corrected chi connectivity index (χ2v) is 5.57. The maximum Gasteiger partial charge on any atom is 0.0669 e. The molecule has 82 valence electrons. The summed E-state index contributed by atoms with van der Waals surface area (Å²) in [5.74, 6) is 2.04. The normalized spacial score (nSPS) is 34.7. The van der Waals surface area contributed by atoms with E-state index < -0.39 is 0 Å². The Morgan fingerprint density at radius 3 is 2.57 bits per heavy atom. The third kappa shape index (κ3) is 2.48. The minimum atomic E-state index is 0.299. The van der Waals surface area contributed by atoms with E-state index in [4.69, 9.17) is 4.74 Å². The Morgan fingerprint density at radius 1 is 1.36 bits per heavy atom. The summed E-state index contributed by atoms with van der Waals surface area (Å²) in [6.45, 7) is 7.58. The van der Waals surface area contributed by atoms with Crippen LogP contribution in [0.4, 0.5) is 0 Å². The van der Waals surface area contributed by atoms with Crippen LogP contribution in [0.25, 0.3) is 0 Å². The van der Waals surface area contributed by atoms with Gasteiger partial charge in [-0.3, -0.25) is 0 Å². The molecule has 0 bridgehead atoms. The van der Waals surface area contributed by atoms with E-state index in [2.05, 4.69) is 19.2 Å². The van der Waals surface area contributed by atoms with Crippen LogP contribution in [-0.4, -0.2) is 25.3 Å². The van der Waals surface area contributed by atoms with Gasteiger partial charge >= 0.3 is 0 Å². The summed E-state index contributed by atoms with van der Waals surface area (Å²) in [6, 6.07) is 0. The van der Waals surface area contributed by atoms with Crippen molar-refractivity contribution in [2.75, 3.05) is 19.8 Å². The van der Waals surface area contributed by atoms with E-state index in [0.717, 1.165) is 25.0 Å². The maximum atomic E-state index is 5.20. The van der Waals surface area contributed by atoms with E-state index >= 15 is 0 Å². The molecule has 1 saturated carbocycles. The van der Waals surface area contributed by atoms with Crippen molar-refractivity contribution in [2.24, 2.45) is 11.8 Å². The van der Waals surface area contributed by atoms with E-state index in [-0.39, 0.29) is 0 Å². The van der Waals surface area contributed by atoms with Gasteiger partial charge < -0.3 is 10.1 Å². The molecule has 0 radical (unpaired) electrons. The van der Waals surface area contributed by atoms with Gasteiger partial charge in [-0.1, -0.05) is 6.92 Å². The number of nitrogens with one attached hydrogen (secondary N) is 1. The van der Waals surface area contributed by atoms with Crippen molar-refractivity contribution in [2.45, 2.75) is 45.1 Å². The van der Waals surface area contributed by atoms with Gasteiger partial charge in [0.25, 0.3) is 0 Å². The Bertz CT molecular complexity index is 183. The highest BCUT2D eigenvalue weighted by Crippen LogP contribution is 2.36. The predicted molar refractivity (Wildman–Crippen MR) is 58.3 cm³/mol. The molecule has 1 heterocycles. The van der Waals surface area contributed by atoms with Crippen LogP contribution in [0.3, 0.4) is 0 Å². The first-order valence-corrected chi connectivity index (χ1v) is 6.01. The van der Waals surface area contributed by atoms with E-state index in [1.165, 1.54) is 32.2 Å². The molecule has 0 aromatic heterocycles. The standard InChI is InChI=1S/C12H23NO/c1-10-6-11(7-10)4-3-5-13-12(2)8-14-9-12/h10-11,13H,3-9H2,1-2H3. The van der Waals surface area contributed by atoms with Gasteiger partial charge in [0.05, 0.1) is 18.8 Å². The molecule has 2 rings (SSSR count). The zero-order valence-corrected chi connectivity index (χ0v) is 9.51. The predicted octanol–water partition coefficient (Wildman–Crippen LogP) is 2.19. The van der Waals surface area contributed by atoms with Crippen molar-refractivity contribution < 1.29 is 4.74 Å². The summed E-state index contributed by atoms with van der Waals surface area (Å²) >= 11 is 0. The topological polar surface area (TPSA) is 21.3 Å². The molecule has 0 aromatic carbocycles. The lowest BCUT2D eigenvalue weighted by Crippen LogP contribution is -2.58. The maximum absolute atomic E-state index is 5.20. The van der Waals surface area contributed by atoms with E-state index in [0.29, 0.717) is 5.54 Å². The van der Waals surface area contributed by atoms with Crippen molar-refractivity contribution in [3.05, 3.63) is 0 Å². The quantitative estimate of drug-likeness (QED) is 0.682. The lowest BCUT2D eigenvalue weighted by Gasteiger charge is -2.39. The van der Waals surface area contributed by atoms with Gasteiger partial charge in [0.2, 0.25) is 0 Å². The second-order valence-electron chi connectivity index (χ2n) is 5.57. The molecule has 0 amide bonds. The Kier molecular flexibility index (Phi) is 3.13. The van der Waals surface area contributed by atoms with Gasteiger partial charge in [-0.15, -0.1) is 0 Å². The molecule has 0 aromatic rings. The lowest BCUT2D eigenvalue weighted by atomic mass is 9.74. The fourth-order valence-electron chi connectivity index (χ4n) is 2.60. The third-order valence-electron chi connectivity index (χ3n) is 3.65. The van der Waals surface area contributed by atoms with Crippen molar-refractivity contribution in [3.63, 3.8) is 0 Å². The molecule has 2 nitrogen and oxygen atoms in total. The summed E-state index contributed by atoms with van der Waals surface area (Å²) in [5.41, 5.74) is 0.299. The Balaban J connectivity index is 1.47. The zero-order valence-electron chi connectivity index (χ0n) is 9.51. The smallest absolute Gasteiger partial charge is 0.0669 e. The number of ether oxygens (including phenoxy) is 1. The number of hydrogen-bond donors (Lipinski definition) is 1. The zero-order chi connectivity index (χ0) is 10.0. The molecule has 2 fully saturated rings. The Labute approximate surface area is 87.4 Å². The molecular weight excluding hydrogens is 174 g/mol. The molecule has 0 spiro atoms. The minimum absolute atomic E-state index is 0.299. The van der Waals surface area contributed by atoms with Crippen LogP contribution in [0.15, 0.2) is 0 Å². The molecule has 0 unspecified atom stereocenters. The van der Waals surface area contributed by atoms with Crippen LogP contribution >= 0.6 is 0 Å². The monoisotopic (exact) mass is 197 g/mol. The molecule has 2 aliphatic rings. The fraction of sp³-hybridized carbons (Fsp3) is 1.00.